The zero-order valence-electron chi connectivity index (χ0n) is 12.3. The summed E-state index contributed by atoms with van der Waals surface area (Å²) in [6.07, 6.45) is 2.52. The highest BCUT2D eigenvalue weighted by Gasteiger charge is 2.30. The summed E-state index contributed by atoms with van der Waals surface area (Å²) in [7, 11) is 0. The van der Waals surface area contributed by atoms with Crippen LogP contribution in [0.2, 0.25) is 10.0 Å². The van der Waals surface area contributed by atoms with Crippen LogP contribution in [0.15, 0.2) is 23.4 Å². The van der Waals surface area contributed by atoms with Crippen molar-refractivity contribution >= 4 is 40.9 Å². The molecule has 1 fully saturated rings. The summed E-state index contributed by atoms with van der Waals surface area (Å²) in [6.45, 7) is 0.507. The topological polar surface area (TPSA) is 73.8 Å². The number of carbonyl (C=O) groups excluding carboxylic acids is 1. The summed E-state index contributed by atoms with van der Waals surface area (Å²) >= 11 is 13.9. The van der Waals surface area contributed by atoms with Gasteiger partial charge < -0.3 is 10.3 Å². The molecule has 0 bridgehead atoms. The Morgan fingerprint density at radius 3 is 2.61 bits per heavy atom. The third-order valence-corrected chi connectivity index (χ3v) is 5.38. The van der Waals surface area contributed by atoms with E-state index in [0.717, 1.165) is 29.4 Å². The first-order valence-electron chi connectivity index (χ1n) is 7.33. The minimum absolute atomic E-state index is 0.276. The van der Waals surface area contributed by atoms with Crippen LogP contribution >= 0.6 is 35.0 Å². The predicted molar refractivity (Wildman–Crippen MR) is 91.8 cm³/mol. The van der Waals surface area contributed by atoms with Gasteiger partial charge in [0.1, 0.15) is 5.82 Å². The lowest BCUT2D eigenvalue weighted by atomic mass is 10.2. The van der Waals surface area contributed by atoms with E-state index in [9.17, 15) is 4.79 Å². The molecule has 2 N–H and O–H groups in total. The fourth-order valence-corrected chi connectivity index (χ4v) is 4.00. The maximum Gasteiger partial charge on any atom is 0.219 e. The average molecular weight is 371 g/mol. The molecule has 0 unspecified atom stereocenters. The second-order valence-corrected chi connectivity index (χ2v) is 7.23. The van der Waals surface area contributed by atoms with Gasteiger partial charge in [-0.3, -0.25) is 4.79 Å². The van der Waals surface area contributed by atoms with Gasteiger partial charge in [-0.1, -0.05) is 41.0 Å². The van der Waals surface area contributed by atoms with Crippen molar-refractivity contribution in [2.75, 3.05) is 0 Å². The molecule has 0 atom stereocenters. The van der Waals surface area contributed by atoms with Crippen molar-refractivity contribution < 1.29 is 4.79 Å². The van der Waals surface area contributed by atoms with Crippen LogP contribution < -0.4 is 5.73 Å². The van der Waals surface area contributed by atoms with Gasteiger partial charge >= 0.3 is 0 Å². The zero-order valence-corrected chi connectivity index (χ0v) is 14.7. The van der Waals surface area contributed by atoms with Crippen molar-refractivity contribution in [2.24, 2.45) is 5.73 Å². The number of amides is 1. The van der Waals surface area contributed by atoms with Gasteiger partial charge in [0.25, 0.3) is 0 Å². The highest BCUT2D eigenvalue weighted by atomic mass is 35.5. The van der Waals surface area contributed by atoms with Crippen molar-refractivity contribution in [1.82, 2.24) is 14.8 Å². The van der Waals surface area contributed by atoms with E-state index < -0.39 is 0 Å². The van der Waals surface area contributed by atoms with E-state index in [-0.39, 0.29) is 12.3 Å². The second-order valence-electron chi connectivity index (χ2n) is 5.47. The van der Waals surface area contributed by atoms with Crippen LogP contribution in [0.5, 0.6) is 0 Å². The third kappa shape index (κ3) is 4.00. The van der Waals surface area contributed by atoms with Crippen LogP contribution in [0.3, 0.4) is 0 Å². The molecule has 23 heavy (non-hydrogen) atoms. The lowest BCUT2D eigenvalue weighted by Crippen LogP contribution is -2.15. The maximum absolute atomic E-state index is 11.1. The van der Waals surface area contributed by atoms with Crippen molar-refractivity contribution in [3.63, 3.8) is 0 Å². The molecule has 5 nitrogen and oxygen atoms in total. The Morgan fingerprint density at radius 1 is 1.30 bits per heavy atom. The molecule has 0 radical (unpaired) electrons. The number of nitrogens with two attached hydrogens (primary N) is 1. The molecule has 122 valence electrons. The van der Waals surface area contributed by atoms with Crippen LogP contribution in [-0.4, -0.2) is 20.7 Å². The first kappa shape index (κ1) is 16.6. The molecular formula is C15H16Cl2N4OS. The Hall–Kier alpha value is -1.24. The Morgan fingerprint density at radius 2 is 2.00 bits per heavy atom. The molecule has 0 saturated heterocycles. The number of nitrogens with zero attached hydrogens (tertiary/aromatic N) is 3. The van der Waals surface area contributed by atoms with Crippen molar-refractivity contribution in [3.05, 3.63) is 39.6 Å². The molecule has 2 aromatic rings. The first-order chi connectivity index (χ1) is 11.1. The summed E-state index contributed by atoms with van der Waals surface area (Å²) in [5, 5.41) is 10.6. The summed E-state index contributed by atoms with van der Waals surface area (Å²) in [5.74, 6) is 1.66. The van der Waals surface area contributed by atoms with E-state index in [4.69, 9.17) is 28.9 Å². The van der Waals surface area contributed by atoms with Crippen molar-refractivity contribution in [3.8, 4) is 0 Å². The number of carbonyl (C=O) groups is 1. The van der Waals surface area contributed by atoms with Crippen LogP contribution in [-0.2, 0) is 17.1 Å². The average Bonchev–Trinajstić information content (AvgIpc) is 3.26. The fraction of sp³-hybridized carbons (Fsp3) is 0.400. The molecule has 1 aromatic heterocycles. The summed E-state index contributed by atoms with van der Waals surface area (Å²) < 4.78 is 2.00. The third-order valence-electron chi connectivity index (χ3n) is 3.68. The number of hydrogen-bond donors (Lipinski definition) is 1. The Labute approximate surface area is 148 Å². The lowest BCUT2D eigenvalue weighted by molar-refractivity contribution is -0.118. The predicted octanol–water partition coefficient (Wildman–Crippen LogP) is 3.63. The van der Waals surface area contributed by atoms with E-state index in [1.54, 1.807) is 0 Å². The van der Waals surface area contributed by atoms with Gasteiger partial charge in [0.15, 0.2) is 5.16 Å². The summed E-state index contributed by atoms with van der Waals surface area (Å²) in [6, 6.07) is 5.45. The number of halogens is 2. The molecule has 0 spiro atoms. The number of hydrogen-bond acceptors (Lipinski definition) is 4. The largest absolute Gasteiger partial charge is 0.370 e. The quantitative estimate of drug-likeness (QED) is 0.755. The highest BCUT2D eigenvalue weighted by molar-refractivity contribution is 7.98. The zero-order chi connectivity index (χ0) is 16.4. The van der Waals surface area contributed by atoms with Gasteiger partial charge in [-0.2, -0.15) is 0 Å². The Bertz CT molecular complexity index is 710. The standard InChI is InChI=1S/C15H16Cl2N4OS/c16-11-2-1-3-12(17)10(11)8-23-15-20-19-14(9-4-5-9)21(15)7-6-13(18)22/h1-3,9H,4-8H2,(H2,18,22). The van der Waals surface area contributed by atoms with Gasteiger partial charge in [-0.15, -0.1) is 10.2 Å². The lowest BCUT2D eigenvalue weighted by Gasteiger charge is -2.10. The minimum atomic E-state index is -0.328. The Kier molecular flexibility index (Phi) is 5.14. The molecule has 1 saturated carbocycles. The minimum Gasteiger partial charge on any atom is -0.370 e. The monoisotopic (exact) mass is 370 g/mol. The molecule has 1 aliphatic rings. The molecule has 1 aromatic carbocycles. The molecule has 1 amide bonds. The number of rotatable bonds is 7. The van der Waals surface area contributed by atoms with E-state index in [2.05, 4.69) is 10.2 Å². The molecule has 3 rings (SSSR count). The second kappa shape index (κ2) is 7.11. The van der Waals surface area contributed by atoms with Crippen LogP contribution in [0.4, 0.5) is 0 Å². The molecule has 8 heteroatoms. The van der Waals surface area contributed by atoms with Gasteiger partial charge in [-0.05, 0) is 30.5 Å². The van der Waals surface area contributed by atoms with Gasteiger partial charge in [-0.25, -0.2) is 0 Å². The number of thioether (sulfide) groups is 1. The number of primary amides is 1. The summed E-state index contributed by atoms with van der Waals surface area (Å²) in [4.78, 5) is 11.1. The van der Waals surface area contributed by atoms with Crippen LogP contribution in [0, 0.1) is 0 Å². The maximum atomic E-state index is 11.1. The molecular weight excluding hydrogens is 355 g/mol. The number of benzene rings is 1. The smallest absolute Gasteiger partial charge is 0.219 e. The SMILES string of the molecule is NC(=O)CCn1c(SCc2c(Cl)cccc2Cl)nnc1C1CC1. The van der Waals surface area contributed by atoms with Crippen molar-refractivity contribution in [1.29, 1.82) is 0 Å². The van der Waals surface area contributed by atoms with Crippen LogP contribution in [0.25, 0.3) is 0 Å². The molecule has 1 heterocycles. The van der Waals surface area contributed by atoms with Gasteiger partial charge in [0.05, 0.1) is 0 Å². The van der Waals surface area contributed by atoms with Gasteiger partial charge in [0.2, 0.25) is 5.91 Å². The molecule has 0 aliphatic heterocycles. The number of aromatic nitrogens is 3. The van der Waals surface area contributed by atoms with Crippen molar-refractivity contribution in [2.45, 2.75) is 42.6 Å². The van der Waals surface area contributed by atoms with E-state index in [1.165, 1.54) is 11.8 Å². The van der Waals surface area contributed by atoms with E-state index in [0.29, 0.717) is 28.3 Å². The Balaban J connectivity index is 1.78. The normalized spacial score (nSPS) is 14.2. The highest BCUT2D eigenvalue weighted by Crippen LogP contribution is 2.40. The first-order valence-corrected chi connectivity index (χ1v) is 9.07. The van der Waals surface area contributed by atoms with Gasteiger partial charge in [0, 0.05) is 34.7 Å². The summed E-state index contributed by atoms with van der Waals surface area (Å²) in [5.41, 5.74) is 6.14. The van der Waals surface area contributed by atoms with E-state index >= 15 is 0 Å². The fourth-order valence-electron chi connectivity index (χ4n) is 2.29. The van der Waals surface area contributed by atoms with Crippen LogP contribution in [0.1, 0.15) is 36.6 Å². The van der Waals surface area contributed by atoms with E-state index in [1.807, 2.05) is 22.8 Å². The molecule has 1 aliphatic carbocycles.